The molecular formula is C29H46O7. The minimum Gasteiger partial charge on any atom is -0.463 e. The third-order valence-corrected chi connectivity index (χ3v) is 6.66. The number of hydrogen-bond acceptors (Lipinski definition) is 7. The number of carbonyl (C=O) groups excluding carboxylic acids is 2. The van der Waals surface area contributed by atoms with Crippen LogP contribution in [0.3, 0.4) is 0 Å². The molecule has 0 amide bonds. The molecule has 1 aromatic rings. The van der Waals surface area contributed by atoms with Crippen molar-refractivity contribution in [1.82, 2.24) is 0 Å². The summed E-state index contributed by atoms with van der Waals surface area (Å²) in [5.74, 6) is -0.874. The van der Waals surface area contributed by atoms with E-state index in [0.29, 0.717) is 0 Å². The number of esters is 2. The molecule has 1 aliphatic rings. The standard InChI is InChI=1S/C29H46O7/c1-5-12-22(13-6-2)28(31)34-20-25-27(33-19-21-16-10-9-11-17-21)24(18-26(30)35-25)36-29(32)23(14-7-3)15-8-4/h9-11,16-17,22-27,30H,5-8,12-15,18-20H2,1-4H3/t24-,25-,26?,27+/m1/s1. The number of aliphatic hydroxyl groups excluding tert-OH is 1. The summed E-state index contributed by atoms with van der Waals surface area (Å²) in [6.07, 6.45) is 3.46. The summed E-state index contributed by atoms with van der Waals surface area (Å²) in [5.41, 5.74) is 0.963. The van der Waals surface area contributed by atoms with Gasteiger partial charge in [-0.2, -0.15) is 0 Å². The summed E-state index contributed by atoms with van der Waals surface area (Å²) in [6.45, 7) is 8.41. The van der Waals surface area contributed by atoms with Crippen LogP contribution in [0.1, 0.15) is 91.0 Å². The zero-order chi connectivity index (χ0) is 26.3. The molecular weight excluding hydrogens is 460 g/mol. The summed E-state index contributed by atoms with van der Waals surface area (Å²) in [5, 5.41) is 10.4. The molecule has 1 N–H and O–H groups in total. The van der Waals surface area contributed by atoms with Gasteiger partial charge < -0.3 is 24.1 Å². The van der Waals surface area contributed by atoms with Gasteiger partial charge in [0.25, 0.3) is 0 Å². The highest BCUT2D eigenvalue weighted by atomic mass is 16.7. The van der Waals surface area contributed by atoms with E-state index in [1.807, 2.05) is 44.2 Å². The molecule has 1 aromatic carbocycles. The summed E-state index contributed by atoms with van der Waals surface area (Å²) < 4.78 is 23.6. The first kappa shape index (κ1) is 30.3. The van der Waals surface area contributed by atoms with Crippen LogP contribution in [0.2, 0.25) is 0 Å². The van der Waals surface area contributed by atoms with Gasteiger partial charge in [-0.05, 0) is 31.2 Å². The summed E-state index contributed by atoms with van der Waals surface area (Å²) in [4.78, 5) is 25.8. The maximum atomic E-state index is 13.0. The van der Waals surface area contributed by atoms with Crippen LogP contribution in [0.25, 0.3) is 0 Å². The number of aliphatic hydroxyl groups is 1. The highest BCUT2D eigenvalue weighted by molar-refractivity contribution is 5.73. The summed E-state index contributed by atoms with van der Waals surface area (Å²) in [7, 11) is 0. The highest BCUT2D eigenvalue weighted by Crippen LogP contribution is 2.28. The zero-order valence-electron chi connectivity index (χ0n) is 22.5. The average molecular weight is 507 g/mol. The van der Waals surface area contributed by atoms with Gasteiger partial charge in [-0.15, -0.1) is 0 Å². The maximum Gasteiger partial charge on any atom is 0.309 e. The lowest BCUT2D eigenvalue weighted by Gasteiger charge is -2.39. The normalized spacial score (nSPS) is 22.1. The molecule has 0 radical (unpaired) electrons. The molecule has 2 rings (SSSR count). The van der Waals surface area contributed by atoms with Crippen LogP contribution in [-0.4, -0.2) is 48.3 Å². The maximum absolute atomic E-state index is 13.0. The third-order valence-electron chi connectivity index (χ3n) is 6.66. The number of carbonyl (C=O) groups is 2. The minimum atomic E-state index is -1.14. The number of hydrogen-bond donors (Lipinski definition) is 1. The molecule has 0 saturated carbocycles. The molecule has 4 atom stereocenters. The van der Waals surface area contributed by atoms with Crippen molar-refractivity contribution in [3.05, 3.63) is 35.9 Å². The predicted octanol–water partition coefficient (Wildman–Crippen LogP) is 5.57. The van der Waals surface area contributed by atoms with Gasteiger partial charge in [-0.1, -0.05) is 83.7 Å². The summed E-state index contributed by atoms with van der Waals surface area (Å²) >= 11 is 0. The second-order valence-electron chi connectivity index (χ2n) is 9.78. The molecule has 0 spiro atoms. The van der Waals surface area contributed by atoms with Crippen LogP contribution in [0.15, 0.2) is 30.3 Å². The molecule has 1 unspecified atom stereocenters. The van der Waals surface area contributed by atoms with Gasteiger partial charge in [-0.25, -0.2) is 0 Å². The van der Waals surface area contributed by atoms with E-state index in [1.54, 1.807) is 0 Å². The Hall–Kier alpha value is -1.96. The Balaban J connectivity index is 2.16. The Bertz CT molecular complexity index is 741. The SMILES string of the molecule is CCCC(CCC)C(=O)OC[C@H]1OC(O)C[C@@H](OC(=O)C(CCC)CCC)[C@@H]1OCc1ccccc1. The van der Waals surface area contributed by atoms with Gasteiger partial charge >= 0.3 is 11.9 Å². The first-order chi connectivity index (χ1) is 17.4. The van der Waals surface area contributed by atoms with Gasteiger partial charge in [0.05, 0.1) is 18.4 Å². The van der Waals surface area contributed by atoms with E-state index in [2.05, 4.69) is 13.8 Å². The van der Waals surface area contributed by atoms with Crippen LogP contribution in [0, 0.1) is 11.8 Å². The fourth-order valence-electron chi connectivity index (χ4n) is 4.82. The van der Waals surface area contributed by atoms with Crippen LogP contribution in [0.5, 0.6) is 0 Å². The van der Waals surface area contributed by atoms with Gasteiger partial charge in [0.2, 0.25) is 0 Å². The lowest BCUT2D eigenvalue weighted by Crippen LogP contribution is -2.53. The van der Waals surface area contributed by atoms with E-state index >= 15 is 0 Å². The molecule has 7 nitrogen and oxygen atoms in total. The average Bonchev–Trinajstić information content (AvgIpc) is 2.87. The lowest BCUT2D eigenvalue weighted by molar-refractivity contribution is -0.260. The minimum absolute atomic E-state index is 0.0688. The van der Waals surface area contributed by atoms with Crippen molar-refractivity contribution in [2.45, 2.75) is 117 Å². The van der Waals surface area contributed by atoms with Crippen LogP contribution >= 0.6 is 0 Å². The van der Waals surface area contributed by atoms with E-state index in [0.717, 1.165) is 56.9 Å². The zero-order valence-corrected chi connectivity index (χ0v) is 22.5. The molecule has 1 fully saturated rings. The second-order valence-corrected chi connectivity index (χ2v) is 9.78. The first-order valence-electron chi connectivity index (χ1n) is 13.8. The van der Waals surface area contributed by atoms with Crippen LogP contribution in [0.4, 0.5) is 0 Å². The lowest BCUT2D eigenvalue weighted by atomic mass is 9.97. The Morgan fingerprint density at radius 1 is 0.917 bits per heavy atom. The van der Waals surface area contributed by atoms with E-state index in [9.17, 15) is 14.7 Å². The predicted molar refractivity (Wildman–Crippen MR) is 138 cm³/mol. The van der Waals surface area contributed by atoms with Crippen molar-refractivity contribution in [2.24, 2.45) is 11.8 Å². The Morgan fingerprint density at radius 2 is 1.47 bits per heavy atom. The third kappa shape index (κ3) is 9.83. The topological polar surface area (TPSA) is 91.3 Å². The fraction of sp³-hybridized carbons (Fsp3) is 0.724. The molecule has 1 saturated heterocycles. The van der Waals surface area contributed by atoms with Crippen molar-refractivity contribution in [3.8, 4) is 0 Å². The fourth-order valence-corrected chi connectivity index (χ4v) is 4.82. The smallest absolute Gasteiger partial charge is 0.309 e. The van der Waals surface area contributed by atoms with Crippen molar-refractivity contribution in [1.29, 1.82) is 0 Å². The van der Waals surface area contributed by atoms with E-state index in [4.69, 9.17) is 18.9 Å². The Morgan fingerprint density at radius 3 is 2.03 bits per heavy atom. The molecule has 1 aliphatic heterocycles. The van der Waals surface area contributed by atoms with Gasteiger partial charge in [0.1, 0.15) is 24.9 Å². The highest BCUT2D eigenvalue weighted by Gasteiger charge is 2.43. The van der Waals surface area contributed by atoms with E-state index < -0.39 is 24.6 Å². The molecule has 0 aliphatic carbocycles. The number of rotatable bonds is 16. The number of ether oxygens (including phenoxy) is 4. The van der Waals surface area contributed by atoms with Crippen molar-refractivity contribution in [3.63, 3.8) is 0 Å². The van der Waals surface area contributed by atoms with Gasteiger partial charge in [0, 0.05) is 6.42 Å². The second kappa shape index (κ2) is 16.7. The van der Waals surface area contributed by atoms with Crippen molar-refractivity contribution >= 4 is 11.9 Å². The molecule has 36 heavy (non-hydrogen) atoms. The van der Waals surface area contributed by atoms with Crippen LogP contribution in [-0.2, 0) is 35.1 Å². The monoisotopic (exact) mass is 506 g/mol. The quantitative estimate of drug-likeness (QED) is 0.293. The van der Waals surface area contributed by atoms with Gasteiger partial charge in [0.15, 0.2) is 6.29 Å². The molecule has 204 valence electrons. The summed E-state index contributed by atoms with van der Waals surface area (Å²) in [6, 6.07) is 9.69. The van der Waals surface area contributed by atoms with E-state index in [1.165, 1.54) is 0 Å². The molecule has 0 bridgehead atoms. The largest absolute Gasteiger partial charge is 0.463 e. The van der Waals surface area contributed by atoms with E-state index in [-0.39, 0.29) is 43.4 Å². The number of benzene rings is 1. The Kier molecular flexibility index (Phi) is 14.1. The molecule has 7 heteroatoms. The first-order valence-corrected chi connectivity index (χ1v) is 13.8. The molecule has 1 heterocycles. The van der Waals surface area contributed by atoms with Crippen molar-refractivity contribution in [2.75, 3.05) is 6.61 Å². The Labute approximate surface area is 216 Å². The van der Waals surface area contributed by atoms with Crippen LogP contribution < -0.4 is 0 Å². The molecule has 0 aromatic heterocycles. The van der Waals surface area contributed by atoms with Gasteiger partial charge in [-0.3, -0.25) is 9.59 Å². The van der Waals surface area contributed by atoms with Crippen molar-refractivity contribution < 1.29 is 33.6 Å².